The smallest absolute Gasteiger partial charge is 0.412 e. The normalized spacial score (nSPS) is 10.8. The van der Waals surface area contributed by atoms with E-state index in [2.05, 4.69) is 45.3 Å². The largest absolute Gasteiger partial charge is 0.453 e. The van der Waals surface area contributed by atoms with Crippen molar-refractivity contribution in [2.75, 3.05) is 17.7 Å². The summed E-state index contributed by atoms with van der Waals surface area (Å²) in [5.74, 6) is -6.32. The lowest BCUT2D eigenvalue weighted by molar-refractivity contribution is 0.102. The van der Waals surface area contributed by atoms with E-state index in [-0.39, 0.29) is 29.1 Å². The van der Waals surface area contributed by atoms with Crippen molar-refractivity contribution in [2.24, 2.45) is 0 Å². The number of pyridine rings is 4. The van der Waals surface area contributed by atoms with Crippen molar-refractivity contribution in [3.63, 3.8) is 0 Å². The number of rotatable bonds is 10. The van der Waals surface area contributed by atoms with Gasteiger partial charge in [-0.05, 0) is 54.1 Å². The Kier molecular flexibility index (Phi) is 12.6. The number of hydrogen-bond donors (Lipinski definition) is 4. The van der Waals surface area contributed by atoms with E-state index in [1.54, 1.807) is 85.7 Å². The molecule has 328 valence electrons. The number of nitrogens with zero attached hydrogens (tertiary/aromatic N) is 4. The molecular weight excluding hydrogens is 861 g/mol. The van der Waals surface area contributed by atoms with Gasteiger partial charge in [-0.25, -0.2) is 37.1 Å². The molecule has 9 aromatic rings. The number of methoxy groups -OCH3 is 1. The Morgan fingerprint density at radius 2 is 1.06 bits per heavy atom. The van der Waals surface area contributed by atoms with Gasteiger partial charge >= 0.3 is 12.2 Å². The maximum Gasteiger partial charge on any atom is 0.412 e. The highest BCUT2D eigenvalue weighted by Crippen LogP contribution is 2.31. The molecule has 0 unspecified atom stereocenters. The number of hydrogen-bond acceptors (Lipinski definition) is 10. The zero-order chi connectivity index (χ0) is 46.3. The second kappa shape index (κ2) is 19.1. The molecule has 0 radical (unpaired) electrons. The number of carbonyl (C=O) groups excluding carboxylic acids is 4. The van der Waals surface area contributed by atoms with Crippen LogP contribution in [0.4, 0.5) is 38.5 Å². The molecule has 6 aromatic heterocycles. The third kappa shape index (κ3) is 9.18. The van der Waals surface area contributed by atoms with Crippen molar-refractivity contribution in [1.29, 1.82) is 0 Å². The molecular formula is C48H32F4N8O6. The molecule has 0 aliphatic heterocycles. The number of carbonyl (C=O) groups is 4. The van der Waals surface area contributed by atoms with E-state index in [0.717, 1.165) is 48.1 Å². The molecule has 0 bridgehead atoms. The van der Waals surface area contributed by atoms with Gasteiger partial charge in [0.05, 0.1) is 29.6 Å². The van der Waals surface area contributed by atoms with E-state index in [1.165, 1.54) is 12.4 Å². The van der Waals surface area contributed by atoms with Crippen LogP contribution in [0.15, 0.2) is 141 Å². The van der Waals surface area contributed by atoms with Gasteiger partial charge in [-0.15, -0.1) is 0 Å². The monoisotopic (exact) mass is 892 g/mol. The number of amides is 2. The topological polar surface area (TPSA) is 194 Å². The average molecular weight is 893 g/mol. The van der Waals surface area contributed by atoms with E-state index in [0.29, 0.717) is 33.2 Å². The minimum atomic E-state index is -1.21. The number of ether oxygens (including phenoxy) is 2. The quantitative estimate of drug-likeness (QED) is 0.0758. The molecule has 3 aromatic carbocycles. The van der Waals surface area contributed by atoms with Crippen LogP contribution >= 0.6 is 0 Å². The molecule has 0 saturated carbocycles. The van der Waals surface area contributed by atoms with Gasteiger partial charge in [-0.3, -0.25) is 30.2 Å². The molecule has 18 heteroatoms. The molecule has 0 saturated heterocycles. The Labute approximate surface area is 370 Å². The fourth-order valence-electron chi connectivity index (χ4n) is 6.78. The van der Waals surface area contributed by atoms with E-state index in [1.807, 2.05) is 18.2 Å². The highest BCUT2D eigenvalue weighted by Gasteiger charge is 2.27. The summed E-state index contributed by atoms with van der Waals surface area (Å²) < 4.78 is 68.7. The first kappa shape index (κ1) is 43.6. The van der Waals surface area contributed by atoms with Crippen molar-refractivity contribution < 1.29 is 46.2 Å². The molecule has 14 nitrogen and oxygen atoms in total. The summed E-state index contributed by atoms with van der Waals surface area (Å²) >= 11 is 0. The summed E-state index contributed by atoms with van der Waals surface area (Å²) in [4.78, 5) is 72.3. The highest BCUT2D eigenvalue weighted by atomic mass is 19.1. The number of benzene rings is 3. The van der Waals surface area contributed by atoms with E-state index < -0.39 is 58.1 Å². The lowest BCUT2D eigenvalue weighted by atomic mass is 10.00. The fourth-order valence-corrected chi connectivity index (χ4v) is 6.78. The van der Waals surface area contributed by atoms with Crippen molar-refractivity contribution >= 4 is 57.2 Å². The van der Waals surface area contributed by atoms with Crippen LogP contribution in [0.3, 0.4) is 0 Å². The van der Waals surface area contributed by atoms with E-state index >= 15 is 4.39 Å². The van der Waals surface area contributed by atoms with Crippen LogP contribution in [0.25, 0.3) is 44.3 Å². The maximum absolute atomic E-state index is 15.3. The van der Waals surface area contributed by atoms with Crippen molar-refractivity contribution in [3.05, 3.63) is 192 Å². The standard InChI is InChI=1S/C27H18F2N4O3.C21H14F2N4O3/c28-21-8-9-22(33-27(35)36-15-16-5-2-1-3-6-16)24(29)23(21)25(34)20-14-32-26-19(20)11-18(13-31-26)17-7-4-10-30-12-17;1-30-21(29)27-16-5-4-15(22)17(18(16)23)19(28)14-10-26-20-13(14)7-12(9-25-20)11-3-2-6-24-8-11/h1-14H,15H2,(H,31,32)(H,33,35);2-10H,1H3,(H,25,26)(H,27,29). The SMILES string of the molecule is COC(=O)Nc1ccc(F)c(C(=O)c2c[nH]c3ncc(-c4cccnc4)cc23)c1F.O=C(Nc1ccc(F)c(C(=O)c2c[nH]c3ncc(-c4cccnc4)cc23)c1F)OCc1ccccc1. The minimum Gasteiger partial charge on any atom is -0.453 e. The van der Waals surface area contributed by atoms with Crippen LogP contribution in [-0.4, -0.2) is 60.8 Å². The lowest BCUT2D eigenvalue weighted by Crippen LogP contribution is -2.17. The third-order valence-corrected chi connectivity index (χ3v) is 10.0. The molecule has 0 spiro atoms. The first-order valence-corrected chi connectivity index (χ1v) is 19.6. The van der Waals surface area contributed by atoms with Gasteiger partial charge in [0.2, 0.25) is 11.6 Å². The van der Waals surface area contributed by atoms with Gasteiger partial charge in [0.15, 0.2) is 11.6 Å². The number of aromatic nitrogens is 6. The number of ketones is 2. The summed E-state index contributed by atoms with van der Waals surface area (Å²) in [6.45, 7) is -0.0388. The molecule has 0 aliphatic rings. The number of aromatic amines is 2. The fraction of sp³-hybridized carbons (Fsp3) is 0.0417. The van der Waals surface area contributed by atoms with Crippen molar-refractivity contribution in [1.82, 2.24) is 29.9 Å². The summed E-state index contributed by atoms with van der Waals surface area (Å²) in [7, 11) is 1.10. The maximum atomic E-state index is 15.3. The Balaban J connectivity index is 0.000000182. The number of halogens is 4. The summed E-state index contributed by atoms with van der Waals surface area (Å²) in [5.41, 5.74) is 2.13. The van der Waals surface area contributed by atoms with Gasteiger partial charge in [-0.1, -0.05) is 42.5 Å². The molecule has 0 atom stereocenters. The Hall–Kier alpha value is -9.06. The Morgan fingerprint density at radius 3 is 1.52 bits per heavy atom. The van der Waals surface area contributed by atoms with Crippen LogP contribution in [-0.2, 0) is 16.1 Å². The Bertz CT molecular complexity index is 3280. The lowest BCUT2D eigenvalue weighted by Gasteiger charge is -2.11. The molecule has 4 N–H and O–H groups in total. The van der Waals surface area contributed by atoms with Crippen LogP contribution in [0.2, 0.25) is 0 Å². The molecule has 6 heterocycles. The van der Waals surface area contributed by atoms with E-state index in [4.69, 9.17) is 4.74 Å². The van der Waals surface area contributed by atoms with Gasteiger partial charge in [0.1, 0.15) is 29.5 Å². The van der Waals surface area contributed by atoms with Crippen LogP contribution in [0, 0.1) is 23.3 Å². The van der Waals surface area contributed by atoms with Gasteiger partial charge in [0, 0.05) is 93.7 Å². The Morgan fingerprint density at radius 1 is 0.576 bits per heavy atom. The first-order valence-electron chi connectivity index (χ1n) is 19.6. The first-order chi connectivity index (χ1) is 32.0. The number of H-pyrrole nitrogens is 2. The minimum absolute atomic E-state index is 0.0323. The molecule has 0 fully saturated rings. The van der Waals surface area contributed by atoms with Gasteiger partial charge in [0.25, 0.3) is 0 Å². The predicted octanol–water partition coefficient (Wildman–Crippen LogP) is 10.2. The number of anilines is 2. The summed E-state index contributed by atoms with van der Waals surface area (Å²) in [6, 6.07) is 23.3. The third-order valence-electron chi connectivity index (χ3n) is 10.0. The second-order valence-electron chi connectivity index (χ2n) is 14.2. The zero-order valence-corrected chi connectivity index (χ0v) is 34.2. The predicted molar refractivity (Wildman–Crippen MR) is 235 cm³/mol. The number of fused-ring (bicyclic) bond motifs is 2. The van der Waals surface area contributed by atoms with Gasteiger partial charge in [-0.2, -0.15) is 0 Å². The zero-order valence-electron chi connectivity index (χ0n) is 34.2. The number of nitrogens with one attached hydrogen (secondary N) is 4. The van der Waals surface area contributed by atoms with Gasteiger partial charge < -0.3 is 19.4 Å². The van der Waals surface area contributed by atoms with Crippen LogP contribution < -0.4 is 10.6 Å². The van der Waals surface area contributed by atoms with Crippen LogP contribution in [0.1, 0.15) is 37.4 Å². The van der Waals surface area contributed by atoms with E-state index in [9.17, 15) is 32.3 Å². The molecule has 66 heavy (non-hydrogen) atoms. The van der Waals surface area contributed by atoms with Crippen LogP contribution in [0.5, 0.6) is 0 Å². The second-order valence-corrected chi connectivity index (χ2v) is 14.2. The molecule has 9 rings (SSSR count). The molecule has 0 aliphatic carbocycles. The summed E-state index contributed by atoms with van der Waals surface area (Å²) in [5, 5.41) is 5.13. The van der Waals surface area contributed by atoms with Crippen molar-refractivity contribution in [3.8, 4) is 22.3 Å². The summed E-state index contributed by atoms with van der Waals surface area (Å²) in [6.07, 6.45) is 10.5. The molecule has 2 amide bonds. The average Bonchev–Trinajstić information content (AvgIpc) is 3.98. The highest BCUT2D eigenvalue weighted by molar-refractivity contribution is 6.18. The van der Waals surface area contributed by atoms with Crippen molar-refractivity contribution in [2.45, 2.75) is 6.61 Å².